The fraction of sp³-hybridized carbons (Fsp3) is 0.459. The molecule has 288 valence electrons. The minimum atomic E-state index is -1.26. The molecule has 0 bridgehead atoms. The lowest BCUT2D eigenvalue weighted by molar-refractivity contribution is -0.151. The molecule has 16 heteroatoms. The molecule has 1 aromatic heterocycles. The number of piperazine rings is 1. The highest BCUT2D eigenvalue weighted by Crippen LogP contribution is 2.35. The number of carboxylic acids is 4. The molecule has 2 amide bonds. The standard InChI is InChI=1S/C29H40N4O4.2C4H4O4/c1-2-3-4-5-6-7-15-27(34)37-23(22-33-28(35)24-12-8-9-13-25(24)29(33)36)21-31-17-19-32(20-18-31)26-14-10-11-16-30-26;2*5-3(6)1-2-4(7)8/h7-11,14-16,23-25H,2-6,12-13,17-22H2,1H3;2*1-2H,(H,5,6)(H,7,8)/b15-7+;2*2-1+. The van der Waals surface area contributed by atoms with Gasteiger partial charge in [-0.05, 0) is 37.8 Å². The van der Waals surface area contributed by atoms with Gasteiger partial charge in [-0.2, -0.15) is 0 Å². The summed E-state index contributed by atoms with van der Waals surface area (Å²) in [7, 11) is 0. The zero-order valence-corrected chi connectivity index (χ0v) is 29.7. The highest BCUT2D eigenvalue weighted by Gasteiger charge is 2.48. The van der Waals surface area contributed by atoms with Crippen LogP contribution >= 0.6 is 0 Å². The summed E-state index contributed by atoms with van der Waals surface area (Å²) in [6, 6.07) is 5.90. The molecular formula is C37H48N4O12. The third-order valence-electron chi connectivity index (χ3n) is 8.29. The molecule has 1 aromatic rings. The molecule has 2 saturated heterocycles. The fourth-order valence-corrected chi connectivity index (χ4v) is 5.73. The van der Waals surface area contributed by atoms with Crippen molar-refractivity contribution in [3.8, 4) is 0 Å². The second kappa shape index (κ2) is 23.8. The van der Waals surface area contributed by atoms with E-state index in [1.54, 1.807) is 6.20 Å². The number of hydrogen-bond donors (Lipinski definition) is 4. The number of anilines is 1. The largest absolute Gasteiger partial charge is 0.478 e. The molecule has 3 aliphatic rings. The summed E-state index contributed by atoms with van der Waals surface area (Å²) < 4.78 is 5.85. The lowest BCUT2D eigenvalue weighted by Gasteiger charge is -2.37. The van der Waals surface area contributed by atoms with Gasteiger partial charge in [0.05, 0.1) is 18.4 Å². The van der Waals surface area contributed by atoms with Gasteiger partial charge in [-0.15, -0.1) is 0 Å². The van der Waals surface area contributed by atoms with Crippen molar-refractivity contribution in [1.82, 2.24) is 14.8 Å². The number of likely N-dealkylation sites (tertiary alicyclic amines) is 1. The Morgan fingerprint density at radius 2 is 1.32 bits per heavy atom. The Kier molecular flexibility index (Phi) is 19.5. The maximum Gasteiger partial charge on any atom is 0.330 e. The third-order valence-corrected chi connectivity index (χ3v) is 8.29. The molecular weight excluding hydrogens is 692 g/mol. The van der Waals surface area contributed by atoms with E-state index < -0.39 is 36.0 Å². The average Bonchev–Trinajstić information content (AvgIpc) is 3.37. The first kappa shape index (κ1) is 43.5. The molecule has 3 heterocycles. The van der Waals surface area contributed by atoms with Gasteiger partial charge in [0.2, 0.25) is 11.8 Å². The van der Waals surface area contributed by atoms with Gasteiger partial charge in [0.25, 0.3) is 0 Å². The summed E-state index contributed by atoms with van der Waals surface area (Å²) in [5.74, 6) is -5.31. The van der Waals surface area contributed by atoms with Crippen LogP contribution in [0.4, 0.5) is 5.82 Å². The number of aromatic nitrogens is 1. The van der Waals surface area contributed by atoms with Gasteiger partial charge >= 0.3 is 29.8 Å². The molecule has 1 aliphatic carbocycles. The van der Waals surface area contributed by atoms with Crippen LogP contribution in [0.15, 0.2) is 73.0 Å². The quantitative estimate of drug-likeness (QED) is 0.0627. The maximum atomic E-state index is 13.1. The minimum absolute atomic E-state index is 0.112. The zero-order valence-electron chi connectivity index (χ0n) is 29.7. The number of carbonyl (C=O) groups excluding carboxylic acids is 3. The Labute approximate surface area is 307 Å². The number of esters is 1. The summed E-state index contributed by atoms with van der Waals surface area (Å²) in [4.78, 5) is 87.3. The van der Waals surface area contributed by atoms with E-state index in [-0.39, 0.29) is 30.2 Å². The highest BCUT2D eigenvalue weighted by atomic mass is 16.5. The lowest BCUT2D eigenvalue weighted by Crippen LogP contribution is -2.51. The smallest absolute Gasteiger partial charge is 0.330 e. The van der Waals surface area contributed by atoms with Gasteiger partial charge in [0.1, 0.15) is 11.9 Å². The summed E-state index contributed by atoms with van der Waals surface area (Å²) in [5, 5.41) is 31.2. The molecule has 0 spiro atoms. The molecule has 3 unspecified atom stereocenters. The SMILES string of the molecule is CCCCCC/C=C/C(=O)OC(CN1CCN(c2ccccn2)CC1)CN1C(=O)C2CC=CCC2C1=O.O=C(O)/C=C/C(=O)O.O=C(O)/C=C/C(=O)O. The van der Waals surface area contributed by atoms with Crippen LogP contribution in [0.2, 0.25) is 0 Å². The van der Waals surface area contributed by atoms with E-state index in [0.29, 0.717) is 43.7 Å². The Morgan fingerprint density at radius 1 is 0.774 bits per heavy atom. The van der Waals surface area contributed by atoms with Crippen molar-refractivity contribution in [2.75, 3.05) is 44.2 Å². The number of fused-ring (bicyclic) bond motifs is 1. The number of aliphatic carboxylic acids is 4. The van der Waals surface area contributed by atoms with Crippen molar-refractivity contribution in [3.05, 3.63) is 73.0 Å². The molecule has 0 radical (unpaired) electrons. The summed E-state index contributed by atoms with van der Waals surface area (Å²) in [6.45, 7) is 5.97. The van der Waals surface area contributed by atoms with Gasteiger partial charge < -0.3 is 30.1 Å². The average molecular weight is 741 g/mol. The van der Waals surface area contributed by atoms with Crippen LogP contribution in [0.1, 0.15) is 51.9 Å². The van der Waals surface area contributed by atoms with Crippen molar-refractivity contribution in [2.45, 2.75) is 58.0 Å². The summed E-state index contributed by atoms with van der Waals surface area (Å²) >= 11 is 0. The van der Waals surface area contributed by atoms with E-state index in [0.717, 1.165) is 51.3 Å². The molecule has 0 saturated carbocycles. The second-order valence-electron chi connectivity index (χ2n) is 12.2. The number of ether oxygens (including phenoxy) is 1. The molecule has 53 heavy (non-hydrogen) atoms. The van der Waals surface area contributed by atoms with Gasteiger partial charge in [-0.3, -0.25) is 19.4 Å². The first-order valence-corrected chi connectivity index (χ1v) is 17.4. The van der Waals surface area contributed by atoms with Crippen LogP contribution in [0.25, 0.3) is 0 Å². The highest BCUT2D eigenvalue weighted by molar-refractivity contribution is 6.05. The van der Waals surface area contributed by atoms with E-state index in [2.05, 4.69) is 21.7 Å². The normalized spacial score (nSPS) is 19.0. The monoisotopic (exact) mass is 740 g/mol. The van der Waals surface area contributed by atoms with Gasteiger partial charge in [0.15, 0.2) is 0 Å². The van der Waals surface area contributed by atoms with Crippen molar-refractivity contribution in [2.24, 2.45) is 11.8 Å². The summed E-state index contributed by atoms with van der Waals surface area (Å²) in [5.41, 5.74) is 0. The van der Waals surface area contributed by atoms with Gasteiger partial charge in [-0.25, -0.2) is 29.0 Å². The van der Waals surface area contributed by atoms with Crippen LogP contribution in [0.5, 0.6) is 0 Å². The molecule has 4 N–H and O–H groups in total. The Hall–Kier alpha value is -5.64. The van der Waals surface area contributed by atoms with Crippen LogP contribution in [0.3, 0.4) is 0 Å². The van der Waals surface area contributed by atoms with Crippen molar-refractivity contribution in [3.63, 3.8) is 0 Å². The van der Waals surface area contributed by atoms with Crippen LogP contribution < -0.4 is 4.90 Å². The molecule has 3 atom stereocenters. The molecule has 4 rings (SSSR count). The molecule has 2 fully saturated rings. The number of imide groups is 1. The van der Waals surface area contributed by atoms with E-state index in [1.165, 1.54) is 23.8 Å². The number of hydrogen-bond acceptors (Lipinski definition) is 11. The van der Waals surface area contributed by atoms with Crippen molar-refractivity contribution in [1.29, 1.82) is 0 Å². The first-order chi connectivity index (χ1) is 25.3. The number of carbonyl (C=O) groups is 7. The topological polar surface area (TPSA) is 232 Å². The molecule has 0 aromatic carbocycles. The van der Waals surface area contributed by atoms with E-state index >= 15 is 0 Å². The Balaban J connectivity index is 0.000000506. The Bertz CT molecular complexity index is 1420. The van der Waals surface area contributed by atoms with Gasteiger partial charge in [-0.1, -0.05) is 50.5 Å². The number of carboxylic acid groups (broad SMARTS) is 4. The number of nitrogens with zero attached hydrogens (tertiary/aromatic N) is 4. The van der Waals surface area contributed by atoms with Crippen molar-refractivity contribution < 1.29 is 58.7 Å². The second-order valence-corrected chi connectivity index (χ2v) is 12.2. The maximum absolute atomic E-state index is 13.1. The van der Waals surface area contributed by atoms with E-state index in [1.807, 2.05) is 36.4 Å². The Morgan fingerprint density at radius 3 is 1.79 bits per heavy atom. The summed E-state index contributed by atoms with van der Waals surface area (Å²) in [6.07, 6.45) is 17.4. The molecule has 16 nitrogen and oxygen atoms in total. The first-order valence-electron chi connectivity index (χ1n) is 17.4. The third kappa shape index (κ3) is 17.0. The molecule has 2 aliphatic heterocycles. The lowest BCUT2D eigenvalue weighted by atomic mass is 9.85. The number of unbranched alkanes of at least 4 members (excludes halogenated alkanes) is 4. The number of amides is 2. The predicted molar refractivity (Wildman–Crippen MR) is 192 cm³/mol. The van der Waals surface area contributed by atoms with Crippen LogP contribution in [0, 0.1) is 11.8 Å². The van der Waals surface area contributed by atoms with E-state index in [4.69, 9.17) is 25.2 Å². The number of allylic oxidation sites excluding steroid dienone is 3. The van der Waals surface area contributed by atoms with E-state index in [9.17, 15) is 33.6 Å². The minimum Gasteiger partial charge on any atom is -0.478 e. The fourth-order valence-electron chi connectivity index (χ4n) is 5.73. The van der Waals surface area contributed by atoms with Crippen molar-refractivity contribution >= 4 is 47.5 Å². The van der Waals surface area contributed by atoms with Crippen LogP contribution in [-0.2, 0) is 38.3 Å². The number of rotatable bonds is 16. The van der Waals surface area contributed by atoms with Crippen LogP contribution in [-0.4, -0.2) is 122 Å². The van der Waals surface area contributed by atoms with Gasteiger partial charge in [0, 0.05) is 69.3 Å². The zero-order chi connectivity index (χ0) is 39.2. The number of pyridine rings is 1. The predicted octanol–water partition coefficient (Wildman–Crippen LogP) is 3.02.